The van der Waals surface area contributed by atoms with Gasteiger partial charge in [0.05, 0.1) is 6.61 Å². The van der Waals surface area contributed by atoms with Gasteiger partial charge in [0.25, 0.3) is 0 Å². The maximum atomic E-state index is 8.62. The van der Waals surface area contributed by atoms with Crippen molar-refractivity contribution >= 4 is 0 Å². The number of rotatable bonds is 11. The van der Waals surface area contributed by atoms with Gasteiger partial charge < -0.3 is 15.2 Å². The summed E-state index contributed by atoms with van der Waals surface area (Å²) in [6, 6.07) is 0.512. The van der Waals surface area contributed by atoms with Crippen molar-refractivity contribution < 1.29 is 9.84 Å². The molecule has 92 valence electrons. The van der Waals surface area contributed by atoms with E-state index in [9.17, 15) is 0 Å². The number of hydrogen-bond donors (Lipinski definition) is 2. The quantitative estimate of drug-likeness (QED) is 0.520. The Kier molecular flexibility index (Phi) is 11.9. The second-order valence-corrected chi connectivity index (χ2v) is 4.03. The van der Waals surface area contributed by atoms with E-state index >= 15 is 0 Å². The molecule has 0 aliphatic rings. The van der Waals surface area contributed by atoms with Crippen LogP contribution in [0.25, 0.3) is 0 Å². The second-order valence-electron chi connectivity index (χ2n) is 4.03. The molecular weight excluding hydrogens is 190 g/mol. The molecule has 0 aromatic carbocycles. The number of aliphatic hydroxyl groups is 1. The van der Waals surface area contributed by atoms with E-state index in [-0.39, 0.29) is 0 Å². The number of unbranched alkanes of at least 4 members (excludes halogenated alkanes) is 3. The lowest BCUT2D eigenvalue weighted by Crippen LogP contribution is -2.33. The van der Waals surface area contributed by atoms with Crippen molar-refractivity contribution in [3.63, 3.8) is 0 Å². The third kappa shape index (κ3) is 10.2. The number of methoxy groups -OCH3 is 1. The molecule has 0 rings (SSSR count). The van der Waals surface area contributed by atoms with Crippen LogP contribution in [0.2, 0.25) is 0 Å². The average molecular weight is 217 g/mol. The Morgan fingerprint density at radius 2 is 1.93 bits per heavy atom. The van der Waals surface area contributed by atoms with Crippen LogP contribution in [-0.4, -0.2) is 38.0 Å². The van der Waals surface area contributed by atoms with Gasteiger partial charge in [-0.25, -0.2) is 0 Å². The standard InChI is InChI=1S/C12H27NO2/c1-3-8-12(11-15-2)13-9-6-4-5-7-10-14/h12-14H,3-11H2,1-2H3. The molecular formula is C12H27NO2. The number of nitrogens with one attached hydrogen (secondary N) is 1. The van der Waals surface area contributed by atoms with E-state index < -0.39 is 0 Å². The molecule has 2 N–H and O–H groups in total. The summed E-state index contributed by atoms with van der Waals surface area (Å²) in [6.07, 6.45) is 6.87. The van der Waals surface area contributed by atoms with Crippen molar-refractivity contribution in [3.05, 3.63) is 0 Å². The molecule has 0 spiro atoms. The first-order chi connectivity index (χ1) is 7.35. The van der Waals surface area contributed by atoms with E-state index in [0.717, 1.165) is 26.0 Å². The Labute approximate surface area is 94.2 Å². The minimum Gasteiger partial charge on any atom is -0.396 e. The average Bonchev–Trinajstić information content (AvgIpc) is 2.24. The highest BCUT2D eigenvalue weighted by atomic mass is 16.5. The summed E-state index contributed by atoms with van der Waals surface area (Å²) in [5.74, 6) is 0. The number of ether oxygens (including phenoxy) is 1. The van der Waals surface area contributed by atoms with Gasteiger partial charge in [-0.15, -0.1) is 0 Å². The van der Waals surface area contributed by atoms with Crippen molar-refractivity contribution in [3.8, 4) is 0 Å². The number of aliphatic hydroxyl groups excluding tert-OH is 1. The van der Waals surface area contributed by atoms with E-state index in [0.29, 0.717) is 12.6 Å². The van der Waals surface area contributed by atoms with Crippen LogP contribution in [-0.2, 0) is 4.74 Å². The van der Waals surface area contributed by atoms with E-state index in [2.05, 4.69) is 12.2 Å². The van der Waals surface area contributed by atoms with Gasteiger partial charge >= 0.3 is 0 Å². The third-order valence-corrected chi connectivity index (χ3v) is 2.52. The molecule has 0 fully saturated rings. The Morgan fingerprint density at radius 1 is 1.20 bits per heavy atom. The van der Waals surface area contributed by atoms with Crippen molar-refractivity contribution in [2.45, 2.75) is 51.5 Å². The van der Waals surface area contributed by atoms with Crippen LogP contribution in [0.15, 0.2) is 0 Å². The van der Waals surface area contributed by atoms with Crippen LogP contribution in [0.4, 0.5) is 0 Å². The molecule has 0 radical (unpaired) electrons. The van der Waals surface area contributed by atoms with Crippen LogP contribution >= 0.6 is 0 Å². The molecule has 0 saturated heterocycles. The van der Waals surface area contributed by atoms with Crippen LogP contribution in [0, 0.1) is 0 Å². The molecule has 0 aromatic rings. The maximum Gasteiger partial charge on any atom is 0.0615 e. The lowest BCUT2D eigenvalue weighted by atomic mass is 10.1. The summed E-state index contributed by atoms with van der Waals surface area (Å²) in [5.41, 5.74) is 0. The molecule has 0 aliphatic heterocycles. The normalized spacial score (nSPS) is 13.0. The molecule has 0 aliphatic carbocycles. The summed E-state index contributed by atoms with van der Waals surface area (Å²) >= 11 is 0. The highest BCUT2D eigenvalue weighted by molar-refractivity contribution is 4.65. The molecule has 3 nitrogen and oxygen atoms in total. The van der Waals surface area contributed by atoms with Crippen LogP contribution in [0.3, 0.4) is 0 Å². The monoisotopic (exact) mass is 217 g/mol. The fraction of sp³-hybridized carbons (Fsp3) is 1.00. The lowest BCUT2D eigenvalue weighted by Gasteiger charge is -2.16. The molecule has 0 amide bonds. The van der Waals surface area contributed by atoms with Crippen molar-refractivity contribution in [2.75, 3.05) is 26.9 Å². The first-order valence-corrected chi connectivity index (χ1v) is 6.18. The fourth-order valence-electron chi connectivity index (χ4n) is 1.69. The zero-order valence-electron chi connectivity index (χ0n) is 10.3. The Bertz CT molecular complexity index is 114. The molecule has 3 heteroatoms. The maximum absolute atomic E-state index is 8.62. The summed E-state index contributed by atoms with van der Waals surface area (Å²) in [4.78, 5) is 0. The van der Waals surface area contributed by atoms with E-state index in [1.54, 1.807) is 7.11 Å². The first-order valence-electron chi connectivity index (χ1n) is 6.18. The fourth-order valence-corrected chi connectivity index (χ4v) is 1.69. The SMILES string of the molecule is CCCC(COC)NCCCCCCO. The van der Waals surface area contributed by atoms with E-state index in [1.165, 1.54) is 25.7 Å². The van der Waals surface area contributed by atoms with Gasteiger partial charge in [0.15, 0.2) is 0 Å². The first kappa shape index (κ1) is 14.9. The largest absolute Gasteiger partial charge is 0.396 e. The third-order valence-electron chi connectivity index (χ3n) is 2.52. The molecule has 0 saturated carbocycles. The van der Waals surface area contributed by atoms with E-state index in [1.807, 2.05) is 0 Å². The zero-order chi connectivity index (χ0) is 11.4. The minimum absolute atomic E-state index is 0.329. The molecule has 15 heavy (non-hydrogen) atoms. The van der Waals surface area contributed by atoms with Gasteiger partial charge in [0.1, 0.15) is 0 Å². The van der Waals surface area contributed by atoms with Gasteiger partial charge in [-0.05, 0) is 25.8 Å². The van der Waals surface area contributed by atoms with E-state index in [4.69, 9.17) is 9.84 Å². The van der Waals surface area contributed by atoms with Gasteiger partial charge in [0, 0.05) is 19.8 Å². The van der Waals surface area contributed by atoms with Gasteiger partial charge in [-0.2, -0.15) is 0 Å². The highest BCUT2D eigenvalue weighted by Crippen LogP contribution is 2.00. The molecule has 0 aromatic heterocycles. The summed E-state index contributed by atoms with van der Waals surface area (Å²) in [6.45, 7) is 4.41. The van der Waals surface area contributed by atoms with Crippen LogP contribution < -0.4 is 5.32 Å². The molecule has 0 heterocycles. The molecule has 1 atom stereocenters. The Balaban J connectivity index is 3.28. The summed E-state index contributed by atoms with van der Waals surface area (Å²) < 4.78 is 5.16. The molecule has 1 unspecified atom stereocenters. The zero-order valence-corrected chi connectivity index (χ0v) is 10.3. The topological polar surface area (TPSA) is 41.5 Å². The minimum atomic E-state index is 0.329. The Morgan fingerprint density at radius 3 is 2.53 bits per heavy atom. The second kappa shape index (κ2) is 12.0. The smallest absolute Gasteiger partial charge is 0.0615 e. The Hall–Kier alpha value is -0.120. The van der Waals surface area contributed by atoms with Crippen molar-refractivity contribution in [2.24, 2.45) is 0 Å². The van der Waals surface area contributed by atoms with Gasteiger partial charge in [-0.1, -0.05) is 26.2 Å². The highest BCUT2D eigenvalue weighted by Gasteiger charge is 2.04. The summed E-state index contributed by atoms with van der Waals surface area (Å²) in [5, 5.41) is 12.1. The van der Waals surface area contributed by atoms with Crippen molar-refractivity contribution in [1.82, 2.24) is 5.32 Å². The summed E-state index contributed by atoms with van der Waals surface area (Å²) in [7, 11) is 1.76. The predicted molar refractivity (Wildman–Crippen MR) is 64.1 cm³/mol. The van der Waals surface area contributed by atoms with Gasteiger partial charge in [-0.3, -0.25) is 0 Å². The van der Waals surface area contributed by atoms with Crippen LogP contribution in [0.1, 0.15) is 45.4 Å². The predicted octanol–water partition coefficient (Wildman–Crippen LogP) is 1.94. The molecule has 0 bridgehead atoms. The number of hydrogen-bond acceptors (Lipinski definition) is 3. The van der Waals surface area contributed by atoms with Crippen molar-refractivity contribution in [1.29, 1.82) is 0 Å². The van der Waals surface area contributed by atoms with Crippen LogP contribution in [0.5, 0.6) is 0 Å². The van der Waals surface area contributed by atoms with Gasteiger partial charge in [0.2, 0.25) is 0 Å². The lowest BCUT2D eigenvalue weighted by molar-refractivity contribution is 0.162.